The van der Waals surface area contributed by atoms with E-state index in [4.69, 9.17) is 11.6 Å². The van der Waals surface area contributed by atoms with Crippen LogP contribution in [0.25, 0.3) is 0 Å². The van der Waals surface area contributed by atoms with Crippen LogP contribution in [0.3, 0.4) is 0 Å². The number of carbonyl (C=O) groups excluding carboxylic acids is 1. The predicted molar refractivity (Wildman–Crippen MR) is 103 cm³/mol. The molecule has 1 atom stereocenters. The van der Waals surface area contributed by atoms with E-state index >= 15 is 0 Å². The molecule has 0 radical (unpaired) electrons. The van der Waals surface area contributed by atoms with E-state index in [0.29, 0.717) is 16.5 Å². The van der Waals surface area contributed by atoms with Crippen molar-refractivity contribution in [2.24, 2.45) is 0 Å². The molecule has 0 aliphatic carbocycles. The highest BCUT2D eigenvalue weighted by Gasteiger charge is 2.31. The first kappa shape index (κ1) is 16.5. The van der Waals surface area contributed by atoms with Gasteiger partial charge in [0.25, 0.3) is 5.91 Å². The number of amides is 1. The molecule has 0 saturated carbocycles. The molecule has 2 heterocycles. The van der Waals surface area contributed by atoms with Crippen LogP contribution in [0.5, 0.6) is 0 Å². The fourth-order valence-electron chi connectivity index (χ4n) is 3.22. The molecule has 3 aromatic rings. The summed E-state index contributed by atoms with van der Waals surface area (Å²) in [4.78, 5) is 23.3. The Hall–Kier alpha value is -2.92. The lowest BCUT2D eigenvalue weighted by molar-refractivity contribution is 0.0976. The molecule has 0 saturated heterocycles. The first-order valence-corrected chi connectivity index (χ1v) is 8.76. The Kier molecular flexibility index (Phi) is 4.31. The lowest BCUT2D eigenvalue weighted by Gasteiger charge is -2.22. The molecule has 26 heavy (non-hydrogen) atoms. The molecule has 5 nitrogen and oxygen atoms in total. The summed E-state index contributed by atoms with van der Waals surface area (Å²) < 4.78 is 0. The van der Waals surface area contributed by atoms with Crippen molar-refractivity contribution in [2.75, 3.05) is 10.2 Å². The van der Waals surface area contributed by atoms with Gasteiger partial charge in [0.1, 0.15) is 17.8 Å². The maximum atomic E-state index is 13.1. The second kappa shape index (κ2) is 6.77. The summed E-state index contributed by atoms with van der Waals surface area (Å²) in [6, 6.07) is 17.0. The number of nitrogens with one attached hydrogen (secondary N) is 1. The predicted octanol–water partition coefficient (Wildman–Crippen LogP) is 4.47. The van der Waals surface area contributed by atoms with Crippen molar-refractivity contribution in [2.45, 2.75) is 19.4 Å². The molecule has 1 aliphatic rings. The van der Waals surface area contributed by atoms with Gasteiger partial charge in [-0.05, 0) is 49.2 Å². The third kappa shape index (κ3) is 3.13. The highest BCUT2D eigenvalue weighted by atomic mass is 35.5. The molecule has 0 spiro atoms. The Morgan fingerprint density at radius 2 is 1.92 bits per heavy atom. The fourth-order valence-corrected chi connectivity index (χ4v) is 3.35. The summed E-state index contributed by atoms with van der Waals surface area (Å²) in [5.41, 5.74) is 3.34. The summed E-state index contributed by atoms with van der Waals surface area (Å²) in [7, 11) is 0. The number of carbonyl (C=O) groups is 1. The van der Waals surface area contributed by atoms with Gasteiger partial charge in [0, 0.05) is 28.5 Å². The molecule has 4 rings (SSSR count). The van der Waals surface area contributed by atoms with Gasteiger partial charge in [-0.25, -0.2) is 9.97 Å². The van der Waals surface area contributed by atoms with Crippen LogP contribution in [0.15, 0.2) is 60.9 Å². The monoisotopic (exact) mass is 364 g/mol. The largest absolute Gasteiger partial charge is 0.340 e. The molecule has 1 unspecified atom stereocenters. The van der Waals surface area contributed by atoms with Gasteiger partial charge in [-0.2, -0.15) is 0 Å². The van der Waals surface area contributed by atoms with E-state index in [1.54, 1.807) is 18.2 Å². The van der Waals surface area contributed by atoms with Crippen LogP contribution in [0.1, 0.15) is 23.0 Å². The third-order valence-corrected chi connectivity index (χ3v) is 4.68. The van der Waals surface area contributed by atoms with Crippen molar-refractivity contribution in [1.82, 2.24) is 9.97 Å². The van der Waals surface area contributed by atoms with Crippen molar-refractivity contribution < 1.29 is 4.79 Å². The van der Waals surface area contributed by atoms with Gasteiger partial charge in [-0.3, -0.25) is 4.79 Å². The van der Waals surface area contributed by atoms with Crippen molar-refractivity contribution in [1.29, 1.82) is 0 Å². The van der Waals surface area contributed by atoms with Crippen molar-refractivity contribution in [3.63, 3.8) is 0 Å². The van der Waals surface area contributed by atoms with Gasteiger partial charge in [0.15, 0.2) is 0 Å². The topological polar surface area (TPSA) is 58.1 Å². The number of aromatic nitrogens is 2. The summed E-state index contributed by atoms with van der Waals surface area (Å²) >= 11 is 5.91. The Morgan fingerprint density at radius 1 is 1.15 bits per heavy atom. The SMILES string of the molecule is CC1Cc2ccccc2N1C(=O)c1cc(Nc2ccc(Cl)cc2)ncn1. The zero-order chi connectivity index (χ0) is 18.1. The number of nitrogens with zero attached hydrogens (tertiary/aromatic N) is 3. The van der Waals surface area contributed by atoms with Crippen LogP contribution in [0.4, 0.5) is 17.2 Å². The zero-order valence-electron chi connectivity index (χ0n) is 14.2. The van der Waals surface area contributed by atoms with E-state index in [9.17, 15) is 4.79 Å². The minimum Gasteiger partial charge on any atom is -0.340 e. The molecule has 1 N–H and O–H groups in total. The minimum absolute atomic E-state index is 0.0996. The average Bonchev–Trinajstić information content (AvgIpc) is 2.99. The molecule has 1 aliphatic heterocycles. The van der Waals surface area contributed by atoms with Crippen molar-refractivity contribution in [3.8, 4) is 0 Å². The third-order valence-electron chi connectivity index (χ3n) is 4.43. The first-order valence-electron chi connectivity index (χ1n) is 8.38. The summed E-state index contributed by atoms with van der Waals surface area (Å²) in [5, 5.41) is 3.83. The van der Waals surface area contributed by atoms with Crippen LogP contribution >= 0.6 is 11.6 Å². The van der Waals surface area contributed by atoms with Crippen molar-refractivity contribution >= 4 is 34.7 Å². The Labute approximate surface area is 156 Å². The van der Waals surface area contributed by atoms with Crippen LogP contribution in [-0.2, 0) is 6.42 Å². The normalized spacial score (nSPS) is 15.6. The van der Waals surface area contributed by atoms with Gasteiger partial charge >= 0.3 is 0 Å². The van der Waals surface area contributed by atoms with E-state index in [1.807, 2.05) is 42.2 Å². The van der Waals surface area contributed by atoms with Gasteiger partial charge < -0.3 is 10.2 Å². The van der Waals surface area contributed by atoms with Crippen LogP contribution < -0.4 is 10.2 Å². The molecule has 0 bridgehead atoms. The Balaban J connectivity index is 1.60. The number of para-hydroxylation sites is 1. The molecule has 0 fully saturated rings. The summed E-state index contributed by atoms with van der Waals surface area (Å²) in [6.45, 7) is 2.05. The average molecular weight is 365 g/mol. The molecule has 1 amide bonds. The molecular weight excluding hydrogens is 348 g/mol. The number of hydrogen-bond acceptors (Lipinski definition) is 4. The van der Waals surface area contributed by atoms with E-state index in [1.165, 1.54) is 11.9 Å². The lowest BCUT2D eigenvalue weighted by Crippen LogP contribution is -2.36. The van der Waals surface area contributed by atoms with E-state index in [-0.39, 0.29) is 11.9 Å². The molecule has 2 aromatic carbocycles. The highest BCUT2D eigenvalue weighted by molar-refractivity contribution is 6.30. The minimum atomic E-state index is -0.121. The van der Waals surface area contributed by atoms with Crippen LogP contribution in [-0.4, -0.2) is 21.9 Å². The summed E-state index contributed by atoms with van der Waals surface area (Å²) in [5.74, 6) is 0.440. The molecule has 130 valence electrons. The van der Waals surface area contributed by atoms with E-state index in [0.717, 1.165) is 17.8 Å². The fraction of sp³-hybridized carbons (Fsp3) is 0.150. The second-order valence-corrected chi connectivity index (χ2v) is 6.71. The Bertz CT molecular complexity index is 958. The lowest BCUT2D eigenvalue weighted by atomic mass is 10.1. The molecule has 1 aromatic heterocycles. The standard InChI is InChI=1S/C20H17ClN4O/c1-13-10-14-4-2-3-5-18(14)25(13)20(26)17-11-19(23-12-22-17)24-16-8-6-15(21)7-9-16/h2-9,11-13H,10H2,1H3,(H,22,23,24). The maximum absolute atomic E-state index is 13.1. The van der Waals surface area contributed by atoms with Gasteiger partial charge in [-0.1, -0.05) is 29.8 Å². The van der Waals surface area contributed by atoms with Crippen molar-refractivity contribution in [3.05, 3.63) is 77.2 Å². The number of benzene rings is 2. The maximum Gasteiger partial charge on any atom is 0.277 e. The number of halogens is 1. The molecule has 6 heteroatoms. The van der Waals surface area contributed by atoms with E-state index < -0.39 is 0 Å². The molecular formula is C20H17ClN4O. The van der Waals surface area contributed by atoms with Gasteiger partial charge in [-0.15, -0.1) is 0 Å². The number of rotatable bonds is 3. The zero-order valence-corrected chi connectivity index (χ0v) is 14.9. The van der Waals surface area contributed by atoms with Gasteiger partial charge in [0.2, 0.25) is 0 Å². The number of fused-ring (bicyclic) bond motifs is 1. The number of hydrogen-bond donors (Lipinski definition) is 1. The number of anilines is 3. The second-order valence-electron chi connectivity index (χ2n) is 6.28. The first-order chi connectivity index (χ1) is 12.6. The van der Waals surface area contributed by atoms with Crippen LogP contribution in [0, 0.1) is 0 Å². The smallest absolute Gasteiger partial charge is 0.277 e. The summed E-state index contributed by atoms with van der Waals surface area (Å²) in [6.07, 6.45) is 2.25. The quantitative estimate of drug-likeness (QED) is 0.745. The highest BCUT2D eigenvalue weighted by Crippen LogP contribution is 2.33. The Morgan fingerprint density at radius 3 is 2.73 bits per heavy atom. The van der Waals surface area contributed by atoms with E-state index in [2.05, 4.69) is 21.4 Å². The van der Waals surface area contributed by atoms with Gasteiger partial charge in [0.05, 0.1) is 0 Å². The van der Waals surface area contributed by atoms with Crippen LogP contribution in [0.2, 0.25) is 5.02 Å².